The second kappa shape index (κ2) is 19.8. The summed E-state index contributed by atoms with van der Waals surface area (Å²) in [7, 11) is 0. The number of rotatable bonds is 9. The first kappa shape index (κ1) is 49.5. The fourth-order valence-corrected chi connectivity index (χ4v) is 16.2. The molecule has 17 rings (SSSR count). The van der Waals surface area contributed by atoms with Gasteiger partial charge in [0.25, 0.3) is 0 Å². The Kier molecular flexibility index (Phi) is 11.5. The zero-order valence-corrected chi connectivity index (χ0v) is 48.0. The van der Waals surface area contributed by atoms with E-state index >= 15 is 0 Å². The van der Waals surface area contributed by atoms with Gasteiger partial charge in [-0.05, 0) is 154 Å². The van der Waals surface area contributed by atoms with Gasteiger partial charge in [0.1, 0.15) is 11.5 Å². The van der Waals surface area contributed by atoms with Crippen LogP contribution < -0.4 is 14.5 Å². The van der Waals surface area contributed by atoms with E-state index in [2.05, 4.69) is 276 Å². The first-order chi connectivity index (χ1) is 42.0. The number of benzene rings is 12. The Labute approximate surface area is 505 Å². The predicted molar refractivity (Wildman–Crippen MR) is 358 cm³/mol. The van der Waals surface area contributed by atoms with Crippen LogP contribution in [0.3, 0.4) is 0 Å². The molecule has 0 saturated carbocycles. The predicted octanol–water partition coefficient (Wildman–Crippen LogP) is 22.9. The average molecular weight is 1140 g/mol. The van der Waals surface area contributed by atoms with Crippen molar-refractivity contribution in [1.82, 2.24) is 4.98 Å². The number of nitrogens with zero attached hydrogens (tertiary/aromatic N) is 3. The van der Waals surface area contributed by atoms with Crippen molar-refractivity contribution in [1.29, 1.82) is 0 Å². The largest absolute Gasteiger partial charge is 0.457 e. The molecule has 1 spiro atoms. The number of pyridine rings is 1. The Bertz CT molecular complexity index is 5120. The number of hydrogen-bond donors (Lipinski definition) is 0. The highest BCUT2D eigenvalue weighted by atomic mass is 35.5. The lowest BCUT2D eigenvalue weighted by Crippen LogP contribution is -2.32. The van der Waals surface area contributed by atoms with Crippen LogP contribution in [0.4, 0.5) is 34.1 Å². The highest BCUT2D eigenvalue weighted by molar-refractivity contribution is 7.26. The summed E-state index contributed by atoms with van der Waals surface area (Å²) in [6.45, 7) is 0. The average Bonchev–Trinajstić information content (AvgIpc) is 1.93. The van der Waals surface area contributed by atoms with E-state index < -0.39 is 5.41 Å². The molecule has 1 aliphatic carbocycles. The summed E-state index contributed by atoms with van der Waals surface area (Å²) in [4.78, 5) is 9.45. The van der Waals surface area contributed by atoms with Crippen LogP contribution in [-0.4, -0.2) is 4.98 Å². The molecule has 400 valence electrons. The van der Waals surface area contributed by atoms with Crippen molar-refractivity contribution in [3.8, 4) is 56.0 Å². The molecule has 0 fully saturated rings. The van der Waals surface area contributed by atoms with E-state index in [1.807, 2.05) is 53.3 Å². The molecule has 1 aliphatic heterocycles. The smallest absolute Gasteiger partial charge is 0.132 e. The van der Waals surface area contributed by atoms with Crippen LogP contribution in [-0.2, 0) is 5.41 Å². The quantitative estimate of drug-likeness (QED) is 0.144. The summed E-state index contributed by atoms with van der Waals surface area (Å²) in [5.41, 5.74) is 19.1. The van der Waals surface area contributed by atoms with Gasteiger partial charge in [0, 0.05) is 120 Å². The second-order valence-electron chi connectivity index (χ2n) is 21.9. The zero-order chi connectivity index (χ0) is 56.2. The van der Waals surface area contributed by atoms with Gasteiger partial charge in [-0.1, -0.05) is 175 Å². The first-order valence-corrected chi connectivity index (χ1v) is 30.6. The molecular weight excluding hydrogens is 1090 g/mol. The van der Waals surface area contributed by atoms with Crippen LogP contribution in [0.2, 0.25) is 5.02 Å². The maximum Gasteiger partial charge on any atom is 0.132 e. The Morgan fingerprint density at radius 1 is 0.341 bits per heavy atom. The van der Waals surface area contributed by atoms with E-state index in [-0.39, 0.29) is 0 Å². The summed E-state index contributed by atoms with van der Waals surface area (Å²) in [5, 5.41) is 5.61. The molecule has 12 aromatic carbocycles. The van der Waals surface area contributed by atoms with Crippen molar-refractivity contribution in [3.05, 3.63) is 319 Å². The molecule has 15 aromatic rings. The van der Waals surface area contributed by atoms with Gasteiger partial charge in [-0.25, -0.2) is 0 Å². The van der Waals surface area contributed by atoms with Crippen LogP contribution in [0.25, 0.3) is 84.9 Å². The maximum atomic E-state index is 7.18. The highest BCUT2D eigenvalue weighted by Crippen LogP contribution is 2.65. The zero-order valence-electron chi connectivity index (χ0n) is 45.7. The number of fused-ring (bicyclic) bond motifs is 15. The summed E-state index contributed by atoms with van der Waals surface area (Å²) >= 11 is 10.9. The van der Waals surface area contributed by atoms with E-state index in [1.54, 1.807) is 0 Å². The van der Waals surface area contributed by atoms with Crippen LogP contribution >= 0.6 is 34.3 Å². The third kappa shape index (κ3) is 7.83. The molecule has 85 heavy (non-hydrogen) atoms. The number of thiophene rings is 2. The lowest BCUT2D eigenvalue weighted by Gasteiger charge is -2.40. The van der Waals surface area contributed by atoms with Crippen LogP contribution in [0, 0.1) is 0 Å². The van der Waals surface area contributed by atoms with Crippen molar-refractivity contribution < 1.29 is 4.74 Å². The van der Waals surface area contributed by atoms with E-state index in [1.165, 1.54) is 62.6 Å². The van der Waals surface area contributed by atoms with Crippen LogP contribution in [0.5, 0.6) is 11.5 Å². The number of ether oxygens (including phenoxy) is 1. The second-order valence-corrected chi connectivity index (χ2v) is 24.4. The van der Waals surface area contributed by atoms with Crippen molar-refractivity contribution in [2.75, 3.05) is 9.80 Å². The third-order valence-corrected chi connectivity index (χ3v) is 19.9. The number of aromatic nitrogens is 1. The van der Waals surface area contributed by atoms with Gasteiger partial charge in [-0.3, -0.25) is 4.98 Å². The van der Waals surface area contributed by atoms with Gasteiger partial charge in [0.15, 0.2) is 0 Å². The van der Waals surface area contributed by atoms with Crippen LogP contribution in [0.15, 0.2) is 291 Å². The van der Waals surface area contributed by atoms with E-state index in [4.69, 9.17) is 16.3 Å². The Balaban J connectivity index is 0.876. The number of halogens is 1. The molecule has 1 atom stereocenters. The fourth-order valence-electron chi connectivity index (χ4n) is 13.6. The molecule has 4 heterocycles. The van der Waals surface area contributed by atoms with E-state index in [0.717, 1.165) is 90.1 Å². The van der Waals surface area contributed by atoms with Crippen molar-refractivity contribution in [2.45, 2.75) is 5.41 Å². The molecule has 0 radical (unpaired) electrons. The van der Waals surface area contributed by atoms with Gasteiger partial charge in [-0.2, -0.15) is 0 Å². The minimum absolute atomic E-state index is 0.648. The van der Waals surface area contributed by atoms with Crippen molar-refractivity contribution >= 4 is 109 Å². The minimum atomic E-state index is -0.826. The molecular formula is C78H48ClN3OS2. The SMILES string of the molecule is Clc1ccc2c(c1)C1(c3ccccc3O2)c2cc(N(c3ccccc3)c3cc(-c4cccnc4)c4sc5ccccc5c4c3)ccc2-c2c(-c3ccc(N(c4ccccc4)c4cc(-c5ccccc5)c5sc6ccccc6c5c4)cc3)cccc21. The van der Waals surface area contributed by atoms with E-state index in [9.17, 15) is 0 Å². The number of para-hydroxylation sites is 3. The molecule has 0 saturated heterocycles. The van der Waals surface area contributed by atoms with Crippen LogP contribution in [0.1, 0.15) is 22.3 Å². The Morgan fingerprint density at radius 3 is 1.55 bits per heavy atom. The van der Waals surface area contributed by atoms with Crippen molar-refractivity contribution in [2.24, 2.45) is 0 Å². The van der Waals surface area contributed by atoms with Gasteiger partial charge in [0.05, 0.1) is 5.41 Å². The molecule has 7 heteroatoms. The van der Waals surface area contributed by atoms with Gasteiger partial charge < -0.3 is 14.5 Å². The lowest BCUT2D eigenvalue weighted by atomic mass is 9.66. The monoisotopic (exact) mass is 1140 g/mol. The number of anilines is 6. The summed E-state index contributed by atoms with van der Waals surface area (Å²) in [6, 6.07) is 101. The first-order valence-electron chi connectivity index (χ1n) is 28.6. The summed E-state index contributed by atoms with van der Waals surface area (Å²) < 4.78 is 12.0. The summed E-state index contributed by atoms with van der Waals surface area (Å²) in [5.74, 6) is 1.60. The lowest BCUT2D eigenvalue weighted by molar-refractivity contribution is 0.436. The highest BCUT2D eigenvalue weighted by Gasteiger charge is 2.52. The standard InChI is InChI=1S/C78H48ClN3OS2/c79-52-35-40-72-70(42-52)78(67-28-12-13-30-71(67)83-72)68-29-16-27-59(50-33-36-55(37-34-50)81(53-21-6-2-7-22-53)57-43-63(49-18-4-1-5-19-49)76-65(45-57)60-25-10-14-31-73(60)84-76)75(68)62-39-38-56(47-69(62)78)82(54-23-8-3-9-24-54)58-44-64(51-20-17-41-80-48-51)77-66(46-58)61-26-11-15-32-74(61)85-77/h1-48H. The van der Waals surface area contributed by atoms with E-state index in [0.29, 0.717) is 5.02 Å². The van der Waals surface area contributed by atoms with Gasteiger partial charge in [0.2, 0.25) is 0 Å². The van der Waals surface area contributed by atoms with Gasteiger partial charge >= 0.3 is 0 Å². The topological polar surface area (TPSA) is 28.6 Å². The number of hydrogen-bond acceptors (Lipinski definition) is 6. The molecule has 3 aromatic heterocycles. The fraction of sp³-hybridized carbons (Fsp3) is 0.0128. The van der Waals surface area contributed by atoms with Gasteiger partial charge in [-0.15, -0.1) is 22.7 Å². The maximum absolute atomic E-state index is 7.18. The minimum Gasteiger partial charge on any atom is -0.457 e. The Morgan fingerprint density at radius 2 is 0.882 bits per heavy atom. The molecule has 0 bridgehead atoms. The third-order valence-electron chi connectivity index (χ3n) is 17.2. The molecule has 0 amide bonds. The molecule has 1 unspecified atom stereocenters. The molecule has 0 N–H and O–H groups in total. The summed E-state index contributed by atoms with van der Waals surface area (Å²) in [6.07, 6.45) is 3.83. The molecule has 2 aliphatic rings. The van der Waals surface area contributed by atoms with Crippen molar-refractivity contribution in [3.63, 3.8) is 0 Å². The molecule has 4 nitrogen and oxygen atoms in total. The Hall–Kier alpha value is -10.1. The normalized spacial score (nSPS) is 13.8.